The van der Waals surface area contributed by atoms with E-state index in [1.54, 1.807) is 0 Å². The van der Waals surface area contributed by atoms with Crippen LogP contribution in [-0.4, -0.2) is 18.4 Å². The van der Waals surface area contributed by atoms with E-state index in [0.717, 1.165) is 6.92 Å². The van der Waals surface area contributed by atoms with Crippen molar-refractivity contribution < 1.29 is 13.2 Å². The fourth-order valence-electron chi connectivity index (χ4n) is 1.01. The van der Waals surface area contributed by atoms with E-state index in [9.17, 15) is 13.2 Å². The van der Waals surface area contributed by atoms with Crippen LogP contribution in [0.2, 0.25) is 0 Å². The molecule has 0 radical (unpaired) electrons. The number of nitrogens with one attached hydrogen (secondary N) is 1. The van der Waals surface area contributed by atoms with Crippen LogP contribution in [0.5, 0.6) is 0 Å². The van der Waals surface area contributed by atoms with Crippen molar-refractivity contribution in [1.82, 2.24) is 5.43 Å². The highest BCUT2D eigenvalue weighted by molar-refractivity contribution is 6.10. The van der Waals surface area contributed by atoms with Gasteiger partial charge in [-0.15, -0.1) is 0 Å². The Bertz CT molecular complexity index is 279. The molecule has 0 saturated carbocycles. The summed E-state index contributed by atoms with van der Waals surface area (Å²) in [4.78, 5) is 0. The molecule has 0 amide bonds. The van der Waals surface area contributed by atoms with Gasteiger partial charge in [0.25, 0.3) is 0 Å². The third-order valence-electron chi connectivity index (χ3n) is 1.49. The number of hydrogen-bond donors (Lipinski definition) is 1. The summed E-state index contributed by atoms with van der Waals surface area (Å²) in [5, 5.41) is 3.32. The Labute approximate surface area is 73.8 Å². The predicted octanol–water partition coefficient (Wildman–Crippen LogP) is 2.01. The maximum Gasteiger partial charge on any atom is 0.154 e. The molecule has 0 fully saturated rings. The molecule has 0 heterocycles. The Morgan fingerprint density at radius 2 is 1.77 bits per heavy atom. The van der Waals surface area contributed by atoms with E-state index in [1.165, 1.54) is 7.05 Å². The lowest BCUT2D eigenvalue weighted by molar-refractivity contribution is 0.316. The molecule has 1 aliphatic rings. The molecule has 0 bridgehead atoms. The zero-order valence-corrected chi connectivity index (χ0v) is 7.24. The van der Waals surface area contributed by atoms with Crippen LogP contribution in [0.4, 0.5) is 13.2 Å². The minimum atomic E-state index is -2.08. The summed E-state index contributed by atoms with van der Waals surface area (Å²) < 4.78 is 39.0. The topological polar surface area (TPSA) is 24.4 Å². The number of halogens is 3. The number of nitrogens with zero attached hydrogens (tertiary/aromatic N) is 1. The lowest BCUT2D eigenvalue weighted by atomic mass is 10.00. The molecule has 1 aliphatic carbocycles. The van der Waals surface area contributed by atoms with Gasteiger partial charge in [0.2, 0.25) is 0 Å². The standard InChI is InChI=1S/C8H9F3N2/c1-8(11)3-5(9)7(13-12-2)6(10)4-8/h3-4,12H,1-2H3. The smallest absolute Gasteiger partial charge is 0.154 e. The van der Waals surface area contributed by atoms with Crippen molar-refractivity contribution >= 4 is 5.71 Å². The predicted molar refractivity (Wildman–Crippen MR) is 44.4 cm³/mol. The van der Waals surface area contributed by atoms with E-state index >= 15 is 0 Å². The van der Waals surface area contributed by atoms with Gasteiger partial charge in [0.1, 0.15) is 0 Å². The largest absolute Gasteiger partial charge is 0.312 e. The van der Waals surface area contributed by atoms with Gasteiger partial charge in [-0.05, 0) is 19.1 Å². The van der Waals surface area contributed by atoms with E-state index in [-0.39, 0.29) is 0 Å². The van der Waals surface area contributed by atoms with Crippen molar-refractivity contribution in [2.75, 3.05) is 7.05 Å². The highest BCUT2D eigenvalue weighted by atomic mass is 19.2. The van der Waals surface area contributed by atoms with Crippen molar-refractivity contribution in [1.29, 1.82) is 0 Å². The quantitative estimate of drug-likeness (QED) is 0.628. The van der Waals surface area contributed by atoms with Crippen molar-refractivity contribution in [2.24, 2.45) is 5.10 Å². The molecule has 5 heteroatoms. The summed E-state index contributed by atoms with van der Waals surface area (Å²) in [5.74, 6) is -2.00. The van der Waals surface area contributed by atoms with Gasteiger partial charge in [0.05, 0.1) is 0 Å². The molecule has 0 spiro atoms. The lowest BCUT2D eigenvalue weighted by Crippen LogP contribution is -2.21. The van der Waals surface area contributed by atoms with Crippen LogP contribution in [0.3, 0.4) is 0 Å². The first-order valence-corrected chi connectivity index (χ1v) is 3.67. The van der Waals surface area contributed by atoms with Crippen molar-refractivity contribution in [2.45, 2.75) is 12.6 Å². The Kier molecular flexibility index (Phi) is 2.45. The van der Waals surface area contributed by atoms with Gasteiger partial charge < -0.3 is 5.43 Å². The molecule has 13 heavy (non-hydrogen) atoms. The Balaban J connectivity index is 3.08. The van der Waals surface area contributed by atoms with E-state index in [1.807, 2.05) is 0 Å². The zero-order valence-electron chi connectivity index (χ0n) is 7.24. The first kappa shape index (κ1) is 9.83. The van der Waals surface area contributed by atoms with Crippen molar-refractivity contribution in [3.05, 3.63) is 23.8 Å². The van der Waals surface area contributed by atoms with Gasteiger partial charge in [-0.3, -0.25) is 0 Å². The monoisotopic (exact) mass is 190 g/mol. The SMILES string of the molecule is CNN=C1C(F)=CC(C)(F)C=C1F. The van der Waals surface area contributed by atoms with Crippen molar-refractivity contribution in [3.63, 3.8) is 0 Å². The Hall–Kier alpha value is -1.26. The van der Waals surface area contributed by atoms with Crippen LogP contribution in [0.1, 0.15) is 6.92 Å². The van der Waals surface area contributed by atoms with Gasteiger partial charge in [0, 0.05) is 7.05 Å². The number of rotatable bonds is 1. The van der Waals surface area contributed by atoms with Gasteiger partial charge in [-0.2, -0.15) is 5.10 Å². The molecular weight excluding hydrogens is 181 g/mol. The number of hydrazone groups is 1. The second kappa shape index (κ2) is 3.24. The average Bonchev–Trinajstić information content (AvgIpc) is 1.94. The number of alkyl halides is 1. The molecule has 0 unspecified atom stereocenters. The highest BCUT2D eigenvalue weighted by Crippen LogP contribution is 2.27. The van der Waals surface area contributed by atoms with Crippen LogP contribution in [0.15, 0.2) is 28.9 Å². The molecule has 2 nitrogen and oxygen atoms in total. The molecule has 1 N–H and O–H groups in total. The molecule has 0 aromatic carbocycles. The lowest BCUT2D eigenvalue weighted by Gasteiger charge is -2.16. The van der Waals surface area contributed by atoms with Gasteiger partial charge in [0.15, 0.2) is 23.0 Å². The van der Waals surface area contributed by atoms with E-state index < -0.39 is 23.0 Å². The van der Waals surface area contributed by atoms with Crippen molar-refractivity contribution in [3.8, 4) is 0 Å². The van der Waals surface area contributed by atoms with Gasteiger partial charge >= 0.3 is 0 Å². The fraction of sp³-hybridized carbons (Fsp3) is 0.375. The highest BCUT2D eigenvalue weighted by Gasteiger charge is 2.29. The summed E-state index contributed by atoms with van der Waals surface area (Å²) in [5.41, 5.74) is -0.355. The Morgan fingerprint density at radius 3 is 2.15 bits per heavy atom. The number of hydrogen-bond acceptors (Lipinski definition) is 2. The summed E-state index contributed by atoms with van der Waals surface area (Å²) in [6, 6.07) is 0. The van der Waals surface area contributed by atoms with E-state index in [2.05, 4.69) is 10.5 Å². The van der Waals surface area contributed by atoms with Crippen LogP contribution < -0.4 is 5.43 Å². The maximum atomic E-state index is 13.1. The molecule has 0 saturated heterocycles. The maximum absolute atomic E-state index is 13.1. The van der Waals surface area contributed by atoms with Crippen LogP contribution in [0, 0.1) is 0 Å². The normalized spacial score (nSPS) is 27.9. The zero-order chi connectivity index (χ0) is 10.1. The van der Waals surface area contributed by atoms with Gasteiger partial charge in [-0.1, -0.05) is 0 Å². The van der Waals surface area contributed by atoms with Crippen LogP contribution in [-0.2, 0) is 0 Å². The summed E-state index contributed by atoms with van der Waals surface area (Å²) in [7, 11) is 1.40. The molecule has 0 aromatic rings. The summed E-state index contributed by atoms with van der Waals surface area (Å²) in [6.07, 6.45) is 1.35. The first-order valence-electron chi connectivity index (χ1n) is 3.67. The van der Waals surface area contributed by atoms with Crippen LogP contribution in [0.25, 0.3) is 0 Å². The molecular formula is C8H9F3N2. The summed E-state index contributed by atoms with van der Waals surface area (Å²) in [6.45, 7) is 1.06. The second-order valence-electron chi connectivity index (χ2n) is 2.82. The van der Waals surface area contributed by atoms with E-state index in [4.69, 9.17) is 0 Å². The molecule has 0 aliphatic heterocycles. The molecule has 1 rings (SSSR count). The first-order chi connectivity index (χ1) is 5.96. The van der Waals surface area contributed by atoms with Crippen LogP contribution >= 0.6 is 0 Å². The second-order valence-corrected chi connectivity index (χ2v) is 2.82. The number of allylic oxidation sites excluding steroid dienone is 4. The average molecular weight is 190 g/mol. The van der Waals surface area contributed by atoms with Gasteiger partial charge in [-0.25, -0.2) is 13.2 Å². The molecule has 72 valence electrons. The summed E-state index contributed by atoms with van der Waals surface area (Å²) >= 11 is 0. The third kappa shape index (κ3) is 2.11. The van der Waals surface area contributed by atoms with E-state index in [0.29, 0.717) is 12.2 Å². The minimum absolute atomic E-state index is 0.502. The molecule has 0 aromatic heterocycles. The Morgan fingerprint density at radius 1 is 1.31 bits per heavy atom. The molecule has 0 atom stereocenters. The third-order valence-corrected chi connectivity index (χ3v) is 1.49. The minimum Gasteiger partial charge on any atom is -0.312 e. The fourth-order valence-corrected chi connectivity index (χ4v) is 1.01.